The largest absolute Gasteiger partial charge is 0.455 e. The van der Waals surface area contributed by atoms with E-state index in [-0.39, 0.29) is 22.5 Å². The van der Waals surface area contributed by atoms with Crippen LogP contribution in [0.1, 0.15) is 35.6 Å². The van der Waals surface area contributed by atoms with Crippen molar-refractivity contribution in [1.82, 2.24) is 14.5 Å². The topological polar surface area (TPSA) is 101 Å². The molecule has 168 valence electrons. The van der Waals surface area contributed by atoms with Crippen molar-refractivity contribution in [3.8, 4) is 0 Å². The molecule has 1 aromatic rings. The van der Waals surface area contributed by atoms with Gasteiger partial charge in [-0.3, -0.25) is 9.69 Å². The van der Waals surface area contributed by atoms with Gasteiger partial charge in [0.1, 0.15) is 10.7 Å². The number of carbonyl (C=O) groups is 1. The SMILES string of the molecule is Cc1oc(C(=O)NCC(C2CCOC2)N2CCOCC2)cc1S(=O)(=O)N1CCCC1. The highest BCUT2D eigenvalue weighted by Gasteiger charge is 2.34. The summed E-state index contributed by atoms with van der Waals surface area (Å²) in [4.78, 5) is 15.2. The summed E-state index contributed by atoms with van der Waals surface area (Å²) in [6.07, 6.45) is 2.69. The standard InChI is InChI=1S/C20H31N3O6S/c1-15-19(30(25,26)23-5-2-3-6-23)12-18(29-15)20(24)21-13-17(16-4-9-28-14-16)22-7-10-27-11-8-22/h12,16-17H,2-11,13-14H2,1H3,(H,21,24). The lowest BCUT2D eigenvalue weighted by Gasteiger charge is -2.37. The number of hydrogen-bond acceptors (Lipinski definition) is 7. The fourth-order valence-corrected chi connectivity index (χ4v) is 6.22. The predicted octanol–water partition coefficient (Wildman–Crippen LogP) is 0.840. The molecule has 3 aliphatic rings. The molecule has 0 aromatic carbocycles. The third-order valence-electron chi connectivity index (χ3n) is 6.27. The Morgan fingerprint density at radius 2 is 1.90 bits per heavy atom. The van der Waals surface area contributed by atoms with E-state index in [1.54, 1.807) is 6.92 Å². The summed E-state index contributed by atoms with van der Waals surface area (Å²) in [5.41, 5.74) is 0. The average Bonchev–Trinajstić information content (AvgIpc) is 3.51. The molecule has 2 unspecified atom stereocenters. The Bertz CT molecular complexity index is 837. The zero-order valence-corrected chi connectivity index (χ0v) is 18.3. The quantitative estimate of drug-likeness (QED) is 0.669. The Morgan fingerprint density at radius 1 is 1.17 bits per heavy atom. The van der Waals surface area contributed by atoms with Gasteiger partial charge in [-0.15, -0.1) is 0 Å². The average molecular weight is 442 g/mol. The van der Waals surface area contributed by atoms with E-state index in [0.29, 0.717) is 45.4 Å². The molecule has 1 amide bonds. The van der Waals surface area contributed by atoms with E-state index in [2.05, 4.69) is 10.2 Å². The number of morpholine rings is 1. The van der Waals surface area contributed by atoms with Crippen molar-refractivity contribution in [3.63, 3.8) is 0 Å². The molecule has 10 heteroatoms. The summed E-state index contributed by atoms with van der Waals surface area (Å²) in [7, 11) is -3.62. The van der Waals surface area contributed by atoms with Crippen LogP contribution in [0.5, 0.6) is 0 Å². The number of nitrogens with zero attached hydrogens (tertiary/aromatic N) is 2. The lowest BCUT2D eigenvalue weighted by atomic mass is 9.97. The van der Waals surface area contributed by atoms with Gasteiger partial charge in [0.05, 0.1) is 19.8 Å². The molecule has 4 rings (SSSR count). The Morgan fingerprint density at radius 3 is 2.57 bits per heavy atom. The van der Waals surface area contributed by atoms with E-state index in [1.165, 1.54) is 10.4 Å². The maximum Gasteiger partial charge on any atom is 0.287 e. The minimum Gasteiger partial charge on any atom is -0.455 e. The zero-order chi connectivity index (χ0) is 21.1. The van der Waals surface area contributed by atoms with E-state index in [9.17, 15) is 13.2 Å². The maximum absolute atomic E-state index is 12.8. The molecule has 0 spiro atoms. The van der Waals surface area contributed by atoms with E-state index >= 15 is 0 Å². The van der Waals surface area contributed by atoms with Crippen molar-refractivity contribution in [3.05, 3.63) is 17.6 Å². The normalized spacial score (nSPS) is 24.9. The molecule has 2 atom stereocenters. The van der Waals surface area contributed by atoms with E-state index in [0.717, 1.165) is 39.0 Å². The number of carbonyl (C=O) groups excluding carboxylic acids is 1. The van der Waals surface area contributed by atoms with Gasteiger partial charge in [-0.1, -0.05) is 0 Å². The van der Waals surface area contributed by atoms with Crippen LogP contribution in [-0.4, -0.2) is 88.7 Å². The van der Waals surface area contributed by atoms with Crippen molar-refractivity contribution in [2.45, 2.75) is 37.1 Å². The van der Waals surface area contributed by atoms with Crippen LogP contribution in [0.4, 0.5) is 0 Å². The molecule has 1 N–H and O–H groups in total. The monoisotopic (exact) mass is 441 g/mol. The predicted molar refractivity (Wildman–Crippen MR) is 109 cm³/mol. The second-order valence-electron chi connectivity index (χ2n) is 8.19. The smallest absolute Gasteiger partial charge is 0.287 e. The molecule has 3 aliphatic heterocycles. The van der Waals surface area contributed by atoms with Crippen LogP contribution in [0.3, 0.4) is 0 Å². The van der Waals surface area contributed by atoms with Crippen molar-refractivity contribution in [2.24, 2.45) is 5.92 Å². The van der Waals surface area contributed by atoms with Gasteiger partial charge in [-0.2, -0.15) is 4.31 Å². The Labute approximate surface area is 177 Å². The van der Waals surface area contributed by atoms with Crippen LogP contribution in [0, 0.1) is 12.8 Å². The molecule has 0 aliphatic carbocycles. The van der Waals surface area contributed by atoms with Gasteiger partial charge >= 0.3 is 0 Å². The van der Waals surface area contributed by atoms with Crippen LogP contribution in [0.2, 0.25) is 0 Å². The van der Waals surface area contributed by atoms with Crippen molar-refractivity contribution in [1.29, 1.82) is 0 Å². The minimum atomic E-state index is -3.62. The highest BCUT2D eigenvalue weighted by molar-refractivity contribution is 7.89. The van der Waals surface area contributed by atoms with Gasteiger partial charge in [0.15, 0.2) is 5.76 Å². The molecule has 0 saturated carbocycles. The number of nitrogens with one attached hydrogen (secondary N) is 1. The van der Waals surface area contributed by atoms with Crippen molar-refractivity contribution in [2.75, 3.05) is 59.2 Å². The number of ether oxygens (including phenoxy) is 2. The lowest BCUT2D eigenvalue weighted by Crippen LogP contribution is -2.52. The molecule has 3 fully saturated rings. The van der Waals surface area contributed by atoms with Gasteiger partial charge in [-0.05, 0) is 26.2 Å². The van der Waals surface area contributed by atoms with E-state index < -0.39 is 15.9 Å². The fraction of sp³-hybridized carbons (Fsp3) is 0.750. The number of sulfonamides is 1. The van der Waals surface area contributed by atoms with Gasteiger partial charge in [0, 0.05) is 57.4 Å². The lowest BCUT2D eigenvalue weighted by molar-refractivity contribution is 0.00160. The minimum absolute atomic E-state index is 0.0358. The number of hydrogen-bond donors (Lipinski definition) is 1. The Hall–Kier alpha value is -1.46. The Balaban J connectivity index is 1.44. The van der Waals surface area contributed by atoms with Crippen molar-refractivity contribution >= 4 is 15.9 Å². The van der Waals surface area contributed by atoms with Crippen LogP contribution in [0.25, 0.3) is 0 Å². The highest BCUT2D eigenvalue weighted by atomic mass is 32.2. The number of rotatable bonds is 7. The summed E-state index contributed by atoms with van der Waals surface area (Å²) in [5.74, 6) is 0.251. The van der Waals surface area contributed by atoms with Gasteiger partial charge in [0.2, 0.25) is 10.0 Å². The fourth-order valence-electron chi connectivity index (χ4n) is 4.54. The number of furan rings is 1. The van der Waals surface area contributed by atoms with Gasteiger partial charge < -0.3 is 19.2 Å². The zero-order valence-electron chi connectivity index (χ0n) is 17.5. The maximum atomic E-state index is 12.8. The molecule has 1 aromatic heterocycles. The molecular weight excluding hydrogens is 410 g/mol. The third-order valence-corrected chi connectivity index (χ3v) is 8.28. The van der Waals surface area contributed by atoms with E-state index in [1.807, 2.05) is 0 Å². The number of amides is 1. The van der Waals surface area contributed by atoms with E-state index in [4.69, 9.17) is 13.9 Å². The first-order chi connectivity index (χ1) is 14.5. The first-order valence-electron chi connectivity index (χ1n) is 10.7. The molecule has 0 radical (unpaired) electrons. The van der Waals surface area contributed by atoms with Crippen LogP contribution < -0.4 is 5.32 Å². The van der Waals surface area contributed by atoms with Crippen LogP contribution in [0.15, 0.2) is 15.4 Å². The number of aryl methyl sites for hydroxylation is 1. The molecule has 30 heavy (non-hydrogen) atoms. The summed E-state index contributed by atoms with van der Waals surface area (Å²) in [5, 5.41) is 2.96. The second kappa shape index (κ2) is 9.35. The Kier molecular flexibility index (Phi) is 6.78. The summed E-state index contributed by atoms with van der Waals surface area (Å²) in [6, 6.07) is 1.52. The van der Waals surface area contributed by atoms with Crippen LogP contribution in [-0.2, 0) is 19.5 Å². The summed E-state index contributed by atoms with van der Waals surface area (Å²) >= 11 is 0. The molecular formula is C20H31N3O6S. The van der Waals surface area contributed by atoms with Crippen molar-refractivity contribution < 1.29 is 27.1 Å². The second-order valence-corrected chi connectivity index (χ2v) is 10.1. The highest BCUT2D eigenvalue weighted by Crippen LogP contribution is 2.27. The first-order valence-corrected chi connectivity index (χ1v) is 12.2. The van der Waals surface area contributed by atoms with Crippen LogP contribution >= 0.6 is 0 Å². The summed E-state index contributed by atoms with van der Waals surface area (Å²) < 4.78 is 43.7. The first kappa shape index (κ1) is 21.8. The van der Waals surface area contributed by atoms with Gasteiger partial charge in [0.25, 0.3) is 5.91 Å². The van der Waals surface area contributed by atoms with Gasteiger partial charge in [-0.25, -0.2) is 8.42 Å². The molecule has 0 bridgehead atoms. The summed E-state index contributed by atoms with van der Waals surface area (Å²) in [6.45, 7) is 7.54. The third kappa shape index (κ3) is 4.57. The molecule has 9 nitrogen and oxygen atoms in total. The molecule has 4 heterocycles. The molecule has 3 saturated heterocycles.